The van der Waals surface area contributed by atoms with Crippen LogP contribution in [0.3, 0.4) is 0 Å². The Bertz CT molecular complexity index is 715. The van der Waals surface area contributed by atoms with Crippen molar-refractivity contribution < 1.29 is 14.3 Å². The van der Waals surface area contributed by atoms with Crippen LogP contribution in [0.4, 0.5) is 20.6 Å². The number of aromatic nitrogens is 2. The van der Waals surface area contributed by atoms with Crippen LogP contribution < -0.4 is 10.6 Å². The van der Waals surface area contributed by atoms with E-state index in [1.54, 1.807) is 23.0 Å². The number of aliphatic hydroxyl groups excluding tert-OH is 1. The summed E-state index contributed by atoms with van der Waals surface area (Å²) in [5.41, 5.74) is 0.579. The Morgan fingerprint density at radius 1 is 1.24 bits per heavy atom. The lowest BCUT2D eigenvalue weighted by Crippen LogP contribution is -2.32. The molecule has 1 aliphatic heterocycles. The minimum atomic E-state index is -0.553. The van der Waals surface area contributed by atoms with Crippen LogP contribution in [0.25, 0.3) is 0 Å². The summed E-state index contributed by atoms with van der Waals surface area (Å²) in [5, 5.41) is 19.3. The van der Waals surface area contributed by atoms with E-state index in [1.807, 2.05) is 0 Å². The number of carbonyl (C=O) groups excluding carboxylic acids is 1. The molecular weight excluding hydrogens is 325 g/mol. The molecule has 0 radical (unpaired) electrons. The van der Waals surface area contributed by atoms with Crippen LogP contribution in [-0.2, 0) is 6.54 Å². The molecule has 0 spiro atoms. The van der Waals surface area contributed by atoms with Gasteiger partial charge in [-0.15, -0.1) is 0 Å². The molecule has 3 N–H and O–H groups in total. The Labute approximate surface area is 145 Å². The number of para-hydroxylation sites is 1. The number of nitrogens with one attached hydrogen (secondary N) is 2. The van der Waals surface area contributed by atoms with Gasteiger partial charge in [0.1, 0.15) is 5.82 Å². The van der Waals surface area contributed by atoms with E-state index >= 15 is 0 Å². The first kappa shape index (κ1) is 17.4. The van der Waals surface area contributed by atoms with E-state index in [4.69, 9.17) is 0 Å². The molecule has 134 valence electrons. The van der Waals surface area contributed by atoms with Crippen molar-refractivity contribution in [1.82, 2.24) is 14.7 Å². The second-order valence-corrected chi connectivity index (χ2v) is 6.17. The Balaban J connectivity index is 1.49. The highest BCUT2D eigenvalue weighted by atomic mass is 19.1. The molecule has 1 fully saturated rings. The van der Waals surface area contributed by atoms with Crippen molar-refractivity contribution in [3.8, 4) is 0 Å². The first-order chi connectivity index (χ1) is 12.1. The summed E-state index contributed by atoms with van der Waals surface area (Å²) in [6.07, 6.45) is 4.97. The quantitative estimate of drug-likeness (QED) is 0.748. The number of carbonyl (C=O) groups is 1. The molecule has 7 nitrogen and oxygen atoms in total. The minimum absolute atomic E-state index is 0.105. The van der Waals surface area contributed by atoms with E-state index in [9.17, 15) is 14.3 Å². The Morgan fingerprint density at radius 3 is 2.76 bits per heavy atom. The minimum Gasteiger partial charge on any atom is -0.390 e. The molecule has 3 rings (SSSR count). The van der Waals surface area contributed by atoms with Gasteiger partial charge in [0.05, 0.1) is 30.2 Å². The van der Waals surface area contributed by atoms with E-state index in [-0.39, 0.29) is 5.69 Å². The number of anilines is 2. The zero-order chi connectivity index (χ0) is 17.6. The van der Waals surface area contributed by atoms with Crippen LogP contribution in [0, 0.1) is 5.82 Å². The maximum Gasteiger partial charge on any atom is 0.323 e. The predicted octanol–water partition coefficient (Wildman–Crippen LogP) is 2.12. The van der Waals surface area contributed by atoms with Crippen LogP contribution in [0.15, 0.2) is 36.7 Å². The molecule has 1 aromatic heterocycles. The molecular formula is C17H22FN5O2. The SMILES string of the molecule is O=C(Nc1cnn(CC(O)CN2CCCC2)c1)Nc1ccccc1F. The van der Waals surface area contributed by atoms with Gasteiger partial charge in [-0.25, -0.2) is 9.18 Å². The molecule has 0 bridgehead atoms. The summed E-state index contributed by atoms with van der Waals surface area (Å²) in [7, 11) is 0. The van der Waals surface area contributed by atoms with Crippen molar-refractivity contribution in [1.29, 1.82) is 0 Å². The van der Waals surface area contributed by atoms with Gasteiger partial charge in [-0.3, -0.25) is 4.68 Å². The largest absolute Gasteiger partial charge is 0.390 e. The number of halogens is 1. The summed E-state index contributed by atoms with van der Waals surface area (Å²) in [5.74, 6) is -0.501. The van der Waals surface area contributed by atoms with Crippen molar-refractivity contribution >= 4 is 17.4 Å². The maximum atomic E-state index is 13.5. The number of urea groups is 1. The van der Waals surface area contributed by atoms with Crippen molar-refractivity contribution in [3.05, 3.63) is 42.5 Å². The molecule has 1 aromatic carbocycles. The van der Waals surface area contributed by atoms with Gasteiger partial charge in [0.15, 0.2) is 0 Å². The summed E-state index contributed by atoms with van der Waals surface area (Å²) in [6, 6.07) is 5.39. The average molecular weight is 347 g/mol. The Morgan fingerprint density at radius 2 is 2.00 bits per heavy atom. The van der Waals surface area contributed by atoms with E-state index in [1.165, 1.54) is 31.2 Å². The number of likely N-dealkylation sites (tertiary alicyclic amines) is 1. The van der Waals surface area contributed by atoms with Crippen molar-refractivity contribution in [2.45, 2.75) is 25.5 Å². The first-order valence-electron chi connectivity index (χ1n) is 8.35. The number of rotatable bonds is 6. The normalized spacial score (nSPS) is 15.9. The Kier molecular flexibility index (Phi) is 5.62. The van der Waals surface area contributed by atoms with Gasteiger partial charge in [-0.2, -0.15) is 5.10 Å². The molecule has 0 aliphatic carbocycles. The third-order valence-electron chi connectivity index (χ3n) is 4.08. The summed E-state index contributed by atoms with van der Waals surface area (Å²) in [6.45, 7) is 3.03. The second kappa shape index (κ2) is 8.09. The highest BCUT2D eigenvalue weighted by Gasteiger charge is 2.16. The smallest absolute Gasteiger partial charge is 0.323 e. The number of benzene rings is 1. The molecule has 2 aromatic rings. The molecule has 1 atom stereocenters. The van der Waals surface area contributed by atoms with Crippen molar-refractivity contribution in [2.75, 3.05) is 30.3 Å². The van der Waals surface area contributed by atoms with Crippen LogP contribution in [0.5, 0.6) is 0 Å². The predicted molar refractivity (Wildman–Crippen MR) is 92.9 cm³/mol. The lowest BCUT2D eigenvalue weighted by atomic mass is 10.3. The fraction of sp³-hybridized carbons (Fsp3) is 0.412. The third-order valence-corrected chi connectivity index (χ3v) is 4.08. The van der Waals surface area contributed by atoms with Crippen LogP contribution >= 0.6 is 0 Å². The van der Waals surface area contributed by atoms with Crippen LogP contribution in [-0.4, -0.2) is 51.6 Å². The van der Waals surface area contributed by atoms with Gasteiger partial charge in [0, 0.05) is 12.7 Å². The molecule has 0 saturated carbocycles. The number of β-amino-alcohol motifs (C(OH)–C–C–N with tert-alkyl or cyclic N) is 1. The van der Waals surface area contributed by atoms with Gasteiger partial charge in [0.25, 0.3) is 0 Å². The molecule has 1 saturated heterocycles. The molecule has 1 unspecified atom stereocenters. The van der Waals surface area contributed by atoms with E-state index < -0.39 is 18.0 Å². The van der Waals surface area contributed by atoms with Crippen molar-refractivity contribution in [3.63, 3.8) is 0 Å². The highest BCUT2D eigenvalue weighted by Crippen LogP contribution is 2.14. The third kappa shape index (κ3) is 5.01. The number of hydrogen-bond donors (Lipinski definition) is 3. The van der Waals surface area contributed by atoms with E-state index in [0.29, 0.717) is 18.8 Å². The van der Waals surface area contributed by atoms with E-state index in [0.717, 1.165) is 13.1 Å². The number of aliphatic hydroxyl groups is 1. The maximum absolute atomic E-state index is 13.5. The highest BCUT2D eigenvalue weighted by molar-refractivity contribution is 5.99. The van der Waals surface area contributed by atoms with Crippen molar-refractivity contribution in [2.24, 2.45) is 0 Å². The summed E-state index contributed by atoms with van der Waals surface area (Å²) in [4.78, 5) is 14.1. The van der Waals surface area contributed by atoms with Gasteiger partial charge < -0.3 is 20.6 Å². The topological polar surface area (TPSA) is 82.4 Å². The second-order valence-electron chi connectivity index (χ2n) is 6.17. The standard InChI is InChI=1S/C17H22FN5O2/c18-15-5-1-2-6-16(15)21-17(25)20-13-9-19-23(10-13)12-14(24)11-22-7-3-4-8-22/h1-2,5-6,9-10,14,24H,3-4,7-8,11-12H2,(H2,20,21,25). The monoisotopic (exact) mass is 347 g/mol. The van der Waals surface area contributed by atoms with Crippen LogP contribution in [0.1, 0.15) is 12.8 Å². The molecule has 2 heterocycles. The van der Waals surface area contributed by atoms with Gasteiger partial charge >= 0.3 is 6.03 Å². The van der Waals surface area contributed by atoms with Gasteiger partial charge in [0.2, 0.25) is 0 Å². The number of amides is 2. The fourth-order valence-corrected chi connectivity index (χ4v) is 2.91. The summed E-state index contributed by atoms with van der Waals surface area (Å²) >= 11 is 0. The number of hydrogen-bond acceptors (Lipinski definition) is 4. The van der Waals surface area contributed by atoms with Gasteiger partial charge in [-0.1, -0.05) is 12.1 Å². The zero-order valence-electron chi connectivity index (χ0n) is 13.9. The molecule has 25 heavy (non-hydrogen) atoms. The van der Waals surface area contributed by atoms with Crippen LogP contribution in [0.2, 0.25) is 0 Å². The molecule has 1 aliphatic rings. The molecule has 8 heteroatoms. The zero-order valence-corrected chi connectivity index (χ0v) is 13.9. The first-order valence-corrected chi connectivity index (χ1v) is 8.35. The lowest BCUT2D eigenvalue weighted by Gasteiger charge is -2.19. The Hall–Kier alpha value is -2.45. The summed E-state index contributed by atoms with van der Waals surface area (Å²) < 4.78 is 15.1. The average Bonchev–Trinajstić information content (AvgIpc) is 3.22. The van der Waals surface area contributed by atoms with Gasteiger partial charge in [-0.05, 0) is 38.1 Å². The number of nitrogens with zero attached hydrogens (tertiary/aromatic N) is 3. The fourth-order valence-electron chi connectivity index (χ4n) is 2.91. The lowest BCUT2D eigenvalue weighted by molar-refractivity contribution is 0.106. The molecule has 2 amide bonds. The van der Waals surface area contributed by atoms with E-state index in [2.05, 4.69) is 20.6 Å².